The first kappa shape index (κ1) is 49.4. The Labute approximate surface area is 432 Å². The molecule has 358 valence electrons. The summed E-state index contributed by atoms with van der Waals surface area (Å²) in [7, 11) is -3.31. The van der Waals surface area contributed by atoms with Crippen molar-refractivity contribution in [2.45, 2.75) is 38.5 Å². The van der Waals surface area contributed by atoms with Crippen LogP contribution in [0.15, 0.2) is 212 Å². The van der Waals surface area contributed by atoms with E-state index in [9.17, 15) is 15.8 Å². The monoisotopic (exact) mass is 981 g/mol. The smallest absolute Gasteiger partial charge is 0.171 e. The number of ether oxygens (including phenoxy) is 4. The van der Waals surface area contributed by atoms with Crippen molar-refractivity contribution in [1.82, 2.24) is 0 Å². The van der Waals surface area contributed by atoms with E-state index in [1.165, 1.54) is 0 Å². The lowest BCUT2D eigenvalue weighted by Gasteiger charge is -2.26. The highest BCUT2D eigenvalue weighted by atomic mass is 31.2. The normalized spacial score (nSPS) is 11.9. The number of rotatable bonds is 15. The summed E-state index contributed by atoms with van der Waals surface area (Å²) in [6, 6.07) is 72.4. The number of nitrogens with zero attached hydrogens (tertiary/aromatic N) is 3. The summed E-state index contributed by atoms with van der Waals surface area (Å²) >= 11 is 0. The van der Waals surface area contributed by atoms with Crippen molar-refractivity contribution in [3.8, 4) is 76.5 Å². The Kier molecular flexibility index (Phi) is 14.0. The third-order valence-corrected chi connectivity index (χ3v) is 16.3. The highest BCUT2D eigenvalue weighted by molar-refractivity contribution is 7.85. The molecule has 0 spiro atoms. The van der Waals surface area contributed by atoms with Crippen LogP contribution in [0.5, 0.6) is 46.0 Å². The lowest BCUT2D eigenvalue weighted by atomic mass is 9.78. The zero-order valence-corrected chi connectivity index (χ0v) is 42.0. The molecule has 0 N–H and O–H groups in total. The van der Waals surface area contributed by atoms with Crippen LogP contribution in [0.2, 0.25) is 0 Å². The van der Waals surface area contributed by atoms with E-state index >= 15 is 4.57 Å². The van der Waals surface area contributed by atoms with E-state index < -0.39 is 7.14 Å². The maximum atomic E-state index is 15.4. The Bertz CT molecular complexity index is 3470. The molecule has 0 heterocycles. The van der Waals surface area contributed by atoms with Crippen molar-refractivity contribution >= 4 is 23.1 Å². The fourth-order valence-corrected chi connectivity index (χ4v) is 11.4. The highest BCUT2D eigenvalue weighted by Gasteiger charge is 2.30. The van der Waals surface area contributed by atoms with Gasteiger partial charge in [-0.25, -0.2) is 0 Å². The molecule has 0 aliphatic heterocycles. The Hall–Kier alpha value is -9.56. The lowest BCUT2D eigenvalue weighted by molar-refractivity contribution is 0.480. The van der Waals surface area contributed by atoms with E-state index in [2.05, 4.69) is 64.0 Å². The molecule has 0 bridgehead atoms. The first-order valence-corrected chi connectivity index (χ1v) is 25.5. The van der Waals surface area contributed by atoms with Gasteiger partial charge in [-0.1, -0.05) is 112 Å². The number of nitriles is 3. The summed E-state index contributed by atoms with van der Waals surface area (Å²) in [6.45, 7) is 8.64. The minimum atomic E-state index is -3.31. The molecule has 0 fully saturated rings. The van der Waals surface area contributed by atoms with E-state index in [-0.39, 0.29) is 16.4 Å². The molecule has 0 radical (unpaired) electrons. The second-order valence-corrected chi connectivity index (χ2v) is 21.4. The van der Waals surface area contributed by atoms with Gasteiger partial charge in [-0.3, -0.25) is 0 Å². The molecular formula is C65H48N3O5P. The molecule has 0 saturated heterocycles. The largest absolute Gasteiger partial charge is 0.457 e. The minimum Gasteiger partial charge on any atom is -0.457 e. The summed E-state index contributed by atoms with van der Waals surface area (Å²) in [5, 5.41) is 30.1. The first-order chi connectivity index (χ1) is 35.8. The van der Waals surface area contributed by atoms with Crippen LogP contribution in [0, 0.1) is 46.3 Å². The molecule has 74 heavy (non-hydrogen) atoms. The zero-order valence-electron chi connectivity index (χ0n) is 41.1. The summed E-state index contributed by atoms with van der Waals surface area (Å²) in [4.78, 5) is 0. The average Bonchev–Trinajstić information content (AvgIpc) is 3.44. The van der Waals surface area contributed by atoms with Gasteiger partial charge in [-0.05, 0) is 156 Å². The van der Waals surface area contributed by atoms with Gasteiger partial charge >= 0.3 is 0 Å². The fourth-order valence-electron chi connectivity index (χ4n) is 8.75. The van der Waals surface area contributed by atoms with E-state index in [4.69, 9.17) is 25.4 Å². The highest BCUT2D eigenvalue weighted by Crippen LogP contribution is 2.44. The summed E-state index contributed by atoms with van der Waals surface area (Å²) < 4.78 is 40.1. The van der Waals surface area contributed by atoms with Crippen LogP contribution in [0.1, 0.15) is 72.2 Å². The molecule has 0 aliphatic rings. The van der Waals surface area contributed by atoms with Gasteiger partial charge in [0.25, 0.3) is 0 Å². The molecule has 0 saturated carbocycles. The average molecular weight is 982 g/mol. The first-order valence-electron chi connectivity index (χ1n) is 23.8. The molecule has 0 aromatic heterocycles. The van der Waals surface area contributed by atoms with Crippen molar-refractivity contribution in [1.29, 1.82) is 15.8 Å². The maximum Gasteiger partial charge on any atom is 0.171 e. The second kappa shape index (κ2) is 21.0. The van der Waals surface area contributed by atoms with Gasteiger partial charge in [0.05, 0.1) is 16.7 Å². The van der Waals surface area contributed by atoms with Crippen LogP contribution >= 0.6 is 7.14 Å². The molecule has 1 atom stereocenters. The Morgan fingerprint density at radius 3 is 0.946 bits per heavy atom. The summed E-state index contributed by atoms with van der Waals surface area (Å²) in [6.07, 6.45) is 5.51. The van der Waals surface area contributed by atoms with E-state index in [1.54, 1.807) is 36.4 Å². The third-order valence-electron chi connectivity index (χ3n) is 13.3. The van der Waals surface area contributed by atoms with Crippen LogP contribution in [0.25, 0.3) is 0 Å². The van der Waals surface area contributed by atoms with Gasteiger partial charge in [-0.2, -0.15) is 15.8 Å². The van der Waals surface area contributed by atoms with Crippen LogP contribution in [0.4, 0.5) is 0 Å². The minimum absolute atomic E-state index is 0.268. The lowest BCUT2D eigenvalue weighted by Crippen LogP contribution is -2.24. The summed E-state index contributed by atoms with van der Waals surface area (Å²) in [5.41, 5.74) is 5.19. The van der Waals surface area contributed by atoms with Crippen LogP contribution in [-0.2, 0) is 15.4 Å². The molecule has 9 aromatic rings. The zero-order chi connectivity index (χ0) is 51.9. The van der Waals surface area contributed by atoms with Crippen LogP contribution in [0.3, 0.4) is 0 Å². The third kappa shape index (κ3) is 10.4. The number of hydrogen-bond donors (Lipinski definition) is 0. The SMILES string of the molecule is C#Cc1ccc(Oc2ccc(C(C)(C)c3ccc(Oc4ccc(P(=O)(c5ccccc5)c5ccc(Oc6ccc(C(C)(C)c7ccc(Oc8ccc(C#N)c(C#N)c8)cc7)cc6)cc5)cc4)cc3)cc2)cc1C#N. The van der Waals surface area contributed by atoms with Gasteiger partial charge in [0, 0.05) is 32.3 Å². The predicted molar refractivity (Wildman–Crippen MR) is 291 cm³/mol. The molecule has 9 heteroatoms. The molecule has 0 aliphatic carbocycles. The van der Waals surface area contributed by atoms with Crippen molar-refractivity contribution < 1.29 is 23.5 Å². The topological polar surface area (TPSA) is 125 Å². The van der Waals surface area contributed by atoms with Crippen LogP contribution < -0.4 is 34.9 Å². The van der Waals surface area contributed by atoms with Gasteiger partial charge < -0.3 is 23.5 Å². The predicted octanol–water partition coefficient (Wildman–Crippen LogP) is 14.7. The maximum absolute atomic E-state index is 15.4. The number of hydrogen-bond acceptors (Lipinski definition) is 8. The molecule has 9 aromatic carbocycles. The molecule has 1 unspecified atom stereocenters. The van der Waals surface area contributed by atoms with Gasteiger partial charge in [0.1, 0.15) is 64.2 Å². The molecule has 0 amide bonds. The van der Waals surface area contributed by atoms with Crippen molar-refractivity contribution in [2.75, 3.05) is 0 Å². The Balaban J connectivity index is 0.843. The van der Waals surface area contributed by atoms with Gasteiger partial charge in [-0.15, -0.1) is 6.42 Å². The Morgan fingerprint density at radius 1 is 0.351 bits per heavy atom. The van der Waals surface area contributed by atoms with Crippen molar-refractivity contribution in [3.63, 3.8) is 0 Å². The molecule has 8 nitrogen and oxygen atoms in total. The van der Waals surface area contributed by atoms with Crippen LogP contribution in [-0.4, -0.2) is 0 Å². The number of terminal acetylenes is 1. The van der Waals surface area contributed by atoms with E-state index in [0.29, 0.717) is 78.6 Å². The molecular weight excluding hydrogens is 934 g/mol. The fraction of sp³-hybridized carbons (Fsp3) is 0.0923. The van der Waals surface area contributed by atoms with Gasteiger partial charge in [0.2, 0.25) is 0 Å². The Morgan fingerprint density at radius 2 is 0.622 bits per heavy atom. The van der Waals surface area contributed by atoms with Crippen molar-refractivity contribution in [3.05, 3.63) is 257 Å². The number of benzene rings is 9. The summed E-state index contributed by atoms with van der Waals surface area (Å²) in [5.74, 6) is 7.37. The molecule has 9 rings (SSSR count). The van der Waals surface area contributed by atoms with E-state index in [1.807, 2.05) is 164 Å². The quantitative estimate of drug-likeness (QED) is 0.0734. The van der Waals surface area contributed by atoms with Crippen molar-refractivity contribution in [2.24, 2.45) is 0 Å². The second-order valence-electron chi connectivity index (χ2n) is 18.6. The van der Waals surface area contributed by atoms with E-state index in [0.717, 1.165) is 22.3 Å². The van der Waals surface area contributed by atoms with Gasteiger partial charge in [0.15, 0.2) is 7.14 Å². The standard InChI is InChI=1S/C65H48N3O5P/c1-6-45-12-22-59(40-47(45)43-67)72-55-28-18-51(19-29-55)64(2,3)49-14-24-53(25-15-49)70-57-32-36-62(37-33-57)74(69,61-10-8-7-9-11-61)63-38-34-58(35-39-63)71-54-26-16-50(17-27-54)65(4,5)52-20-30-56(31-21-52)73-60-23-13-46(42-66)48(41-60)44-68/h1,7-41H,2-5H3.